The van der Waals surface area contributed by atoms with Gasteiger partial charge in [-0.3, -0.25) is 0 Å². The number of hydrogen-bond acceptors (Lipinski definition) is 3. The molecule has 1 saturated carbocycles. The largest absolute Gasteiger partial charge is 0.315 e. The second-order valence-electron chi connectivity index (χ2n) is 4.77. The summed E-state index contributed by atoms with van der Waals surface area (Å²) in [6, 6.07) is 0. The average Bonchev–Trinajstić information content (AvgIpc) is 2.94. The third-order valence-corrected chi connectivity index (χ3v) is 5.23. The molecule has 1 aliphatic rings. The van der Waals surface area contributed by atoms with Crippen LogP contribution < -0.4 is 5.32 Å². The minimum absolute atomic E-state index is 0.262. The zero-order valence-corrected chi connectivity index (χ0v) is 11.5. The first-order valence-electron chi connectivity index (χ1n) is 6.01. The van der Waals surface area contributed by atoms with E-state index in [1.54, 1.807) is 0 Å². The van der Waals surface area contributed by atoms with Gasteiger partial charge < -0.3 is 5.32 Å². The number of alkyl halides is 1. The molecule has 96 valence electrons. The molecule has 5 heteroatoms. The Kier molecular flexibility index (Phi) is 5.54. The van der Waals surface area contributed by atoms with E-state index in [1.165, 1.54) is 12.8 Å². The molecule has 0 bridgehead atoms. The molecule has 1 rings (SSSR count). The smallest absolute Gasteiger partial charge is 0.151 e. The molecule has 0 atom stereocenters. The fourth-order valence-electron chi connectivity index (χ4n) is 1.89. The van der Waals surface area contributed by atoms with E-state index in [-0.39, 0.29) is 5.75 Å². The Hall–Kier alpha value is 0.200. The standard InChI is InChI=1S/C11H22ClNO2S/c1-2-8-16(14,15)9-7-13-10-11(3-4-11)5-6-12/h13H,2-10H2,1H3. The predicted molar refractivity (Wildman–Crippen MR) is 68.8 cm³/mol. The Balaban J connectivity index is 2.12. The van der Waals surface area contributed by atoms with Gasteiger partial charge in [-0.05, 0) is 31.1 Å². The molecular weight excluding hydrogens is 246 g/mol. The summed E-state index contributed by atoms with van der Waals surface area (Å²) in [5.74, 6) is 1.27. The van der Waals surface area contributed by atoms with Crippen molar-refractivity contribution in [1.82, 2.24) is 5.32 Å². The summed E-state index contributed by atoms with van der Waals surface area (Å²) in [5.41, 5.74) is 0.385. The van der Waals surface area contributed by atoms with Crippen molar-refractivity contribution in [1.29, 1.82) is 0 Å². The molecule has 0 heterocycles. The molecule has 1 fully saturated rings. The zero-order valence-electron chi connectivity index (χ0n) is 9.97. The SMILES string of the molecule is CCCS(=O)(=O)CCNCC1(CCCl)CC1. The summed E-state index contributed by atoms with van der Waals surface area (Å²) in [7, 11) is -2.83. The molecule has 0 aromatic carbocycles. The van der Waals surface area contributed by atoms with E-state index in [0.29, 0.717) is 30.0 Å². The van der Waals surface area contributed by atoms with E-state index in [4.69, 9.17) is 11.6 Å². The molecule has 0 aromatic heterocycles. The van der Waals surface area contributed by atoms with Gasteiger partial charge in [-0.15, -0.1) is 11.6 Å². The number of halogens is 1. The average molecular weight is 268 g/mol. The second kappa shape index (κ2) is 6.22. The fourth-order valence-corrected chi connectivity index (χ4v) is 3.57. The maximum absolute atomic E-state index is 11.4. The van der Waals surface area contributed by atoms with Gasteiger partial charge in [0.25, 0.3) is 0 Å². The minimum Gasteiger partial charge on any atom is -0.315 e. The van der Waals surface area contributed by atoms with Crippen molar-refractivity contribution in [2.75, 3.05) is 30.5 Å². The number of nitrogens with one attached hydrogen (secondary N) is 1. The van der Waals surface area contributed by atoms with Crippen LogP contribution in [0.4, 0.5) is 0 Å². The van der Waals surface area contributed by atoms with Crippen LogP contribution in [0, 0.1) is 5.41 Å². The number of rotatable bonds is 9. The van der Waals surface area contributed by atoms with Crippen LogP contribution in [0.5, 0.6) is 0 Å². The molecule has 16 heavy (non-hydrogen) atoms. The van der Waals surface area contributed by atoms with Crippen LogP contribution in [0.1, 0.15) is 32.6 Å². The molecule has 3 nitrogen and oxygen atoms in total. The second-order valence-corrected chi connectivity index (χ2v) is 7.45. The highest BCUT2D eigenvalue weighted by atomic mass is 35.5. The van der Waals surface area contributed by atoms with Gasteiger partial charge in [-0.1, -0.05) is 6.92 Å². The summed E-state index contributed by atoms with van der Waals surface area (Å²) in [6.45, 7) is 3.39. The fraction of sp³-hybridized carbons (Fsp3) is 1.00. The van der Waals surface area contributed by atoms with Crippen LogP contribution in [0.25, 0.3) is 0 Å². The Morgan fingerprint density at radius 2 is 2.00 bits per heavy atom. The Bertz CT molecular complexity index is 299. The molecule has 0 spiro atoms. The lowest BCUT2D eigenvalue weighted by Crippen LogP contribution is -2.29. The summed E-state index contributed by atoms with van der Waals surface area (Å²) in [6.07, 6.45) is 4.21. The third kappa shape index (κ3) is 5.02. The van der Waals surface area contributed by atoms with Crippen molar-refractivity contribution in [3.05, 3.63) is 0 Å². The molecule has 1 N–H and O–H groups in total. The van der Waals surface area contributed by atoms with Gasteiger partial charge in [0, 0.05) is 24.7 Å². The van der Waals surface area contributed by atoms with Gasteiger partial charge in [0.05, 0.1) is 5.75 Å². The van der Waals surface area contributed by atoms with Crippen molar-refractivity contribution in [2.24, 2.45) is 5.41 Å². The highest BCUT2D eigenvalue weighted by Crippen LogP contribution is 2.48. The first-order valence-corrected chi connectivity index (χ1v) is 8.36. The molecular formula is C11H22ClNO2S. The van der Waals surface area contributed by atoms with Crippen molar-refractivity contribution in [3.63, 3.8) is 0 Å². The quantitative estimate of drug-likeness (QED) is 0.512. The Morgan fingerprint density at radius 1 is 1.31 bits per heavy atom. The first kappa shape index (κ1) is 14.3. The monoisotopic (exact) mass is 267 g/mol. The Morgan fingerprint density at radius 3 is 2.50 bits per heavy atom. The van der Waals surface area contributed by atoms with E-state index in [9.17, 15) is 8.42 Å². The molecule has 1 aliphatic carbocycles. The van der Waals surface area contributed by atoms with Gasteiger partial charge in [-0.2, -0.15) is 0 Å². The van der Waals surface area contributed by atoms with Crippen LogP contribution in [0.3, 0.4) is 0 Å². The maximum Gasteiger partial charge on any atom is 0.151 e. The molecule has 0 radical (unpaired) electrons. The van der Waals surface area contributed by atoms with Crippen LogP contribution >= 0.6 is 11.6 Å². The van der Waals surface area contributed by atoms with E-state index >= 15 is 0 Å². The molecule has 0 saturated heterocycles. The zero-order chi connectivity index (χ0) is 12.1. The van der Waals surface area contributed by atoms with Gasteiger partial charge in [0.1, 0.15) is 0 Å². The molecule has 0 aromatic rings. The summed E-state index contributed by atoms with van der Waals surface area (Å²) in [5, 5.41) is 3.25. The van der Waals surface area contributed by atoms with Crippen LogP contribution in [0.2, 0.25) is 0 Å². The lowest BCUT2D eigenvalue weighted by atomic mass is 10.0. The number of sulfone groups is 1. The van der Waals surface area contributed by atoms with Crippen molar-refractivity contribution >= 4 is 21.4 Å². The van der Waals surface area contributed by atoms with Crippen LogP contribution in [-0.4, -0.2) is 38.9 Å². The van der Waals surface area contributed by atoms with E-state index in [2.05, 4.69) is 5.32 Å². The van der Waals surface area contributed by atoms with Crippen LogP contribution in [0.15, 0.2) is 0 Å². The summed E-state index contributed by atoms with van der Waals surface area (Å²) >= 11 is 5.73. The van der Waals surface area contributed by atoms with Gasteiger partial charge in [-0.25, -0.2) is 8.42 Å². The molecule has 0 unspecified atom stereocenters. The highest BCUT2D eigenvalue weighted by Gasteiger charge is 2.41. The van der Waals surface area contributed by atoms with Crippen LogP contribution in [-0.2, 0) is 9.84 Å². The van der Waals surface area contributed by atoms with E-state index < -0.39 is 9.84 Å². The normalized spacial score (nSPS) is 18.6. The van der Waals surface area contributed by atoms with Crippen molar-refractivity contribution in [2.45, 2.75) is 32.6 Å². The molecule has 0 aliphatic heterocycles. The predicted octanol–water partition coefficient (Wildman–Crippen LogP) is 1.81. The van der Waals surface area contributed by atoms with Gasteiger partial charge in [0.2, 0.25) is 0 Å². The minimum atomic E-state index is -2.83. The highest BCUT2D eigenvalue weighted by molar-refractivity contribution is 7.91. The summed E-state index contributed by atoms with van der Waals surface area (Å²) in [4.78, 5) is 0. The topological polar surface area (TPSA) is 46.2 Å². The Labute approximate surface area is 104 Å². The van der Waals surface area contributed by atoms with Gasteiger partial charge >= 0.3 is 0 Å². The maximum atomic E-state index is 11.4. The number of hydrogen-bond donors (Lipinski definition) is 1. The lowest BCUT2D eigenvalue weighted by Gasteiger charge is -2.14. The third-order valence-electron chi connectivity index (χ3n) is 3.19. The van der Waals surface area contributed by atoms with E-state index in [0.717, 1.165) is 13.0 Å². The first-order chi connectivity index (χ1) is 7.54. The van der Waals surface area contributed by atoms with Gasteiger partial charge in [0.15, 0.2) is 9.84 Å². The van der Waals surface area contributed by atoms with E-state index in [1.807, 2.05) is 6.92 Å². The van der Waals surface area contributed by atoms with Crippen molar-refractivity contribution < 1.29 is 8.42 Å². The van der Waals surface area contributed by atoms with Crippen molar-refractivity contribution in [3.8, 4) is 0 Å². The summed E-state index contributed by atoms with van der Waals surface area (Å²) < 4.78 is 22.9. The lowest BCUT2D eigenvalue weighted by molar-refractivity contribution is 0.453. The molecule has 0 amide bonds.